The molecule has 1 heteroatoms. The summed E-state index contributed by atoms with van der Waals surface area (Å²) in [5.41, 5.74) is 6.28. The Kier molecular flexibility index (Phi) is 3.39. The Hall–Kier alpha value is -3.32. The monoisotopic (exact) mass is 333 g/mol. The Labute approximate surface area is 153 Å². The van der Waals surface area contributed by atoms with Crippen molar-refractivity contribution in [2.45, 2.75) is 6.92 Å². The molecule has 26 heavy (non-hydrogen) atoms. The first-order valence-corrected chi connectivity index (χ1v) is 8.96. The second-order valence-corrected chi connectivity index (χ2v) is 6.78. The van der Waals surface area contributed by atoms with E-state index in [2.05, 4.69) is 109 Å². The van der Waals surface area contributed by atoms with Gasteiger partial charge < -0.3 is 4.57 Å². The first kappa shape index (κ1) is 15.0. The van der Waals surface area contributed by atoms with Gasteiger partial charge in [0.1, 0.15) is 0 Å². The summed E-state index contributed by atoms with van der Waals surface area (Å²) >= 11 is 0. The van der Waals surface area contributed by atoms with Gasteiger partial charge in [0.25, 0.3) is 0 Å². The fraction of sp³-hybridized carbons (Fsp3) is 0.0400. The summed E-state index contributed by atoms with van der Waals surface area (Å²) in [6.07, 6.45) is 2.23. The minimum atomic E-state index is 1.20. The molecule has 0 saturated heterocycles. The third-order valence-electron chi connectivity index (χ3n) is 5.14. The largest absolute Gasteiger partial charge is 0.316 e. The number of hydrogen-bond donors (Lipinski definition) is 0. The Morgan fingerprint density at radius 2 is 1.46 bits per heavy atom. The van der Waals surface area contributed by atoms with Gasteiger partial charge in [-0.2, -0.15) is 0 Å². The second-order valence-electron chi connectivity index (χ2n) is 6.78. The standard InChI is InChI=1S/C25H19N/c1-18-17-26(25-13-6-5-11-22(18)25)21-15-14-20-10-7-12-23(24(20)16-21)19-8-3-2-4-9-19/h2-17H,1H3. The molecule has 5 rings (SSSR count). The molecule has 0 spiro atoms. The summed E-state index contributed by atoms with van der Waals surface area (Å²) in [4.78, 5) is 0. The van der Waals surface area contributed by atoms with E-state index in [-0.39, 0.29) is 0 Å². The van der Waals surface area contributed by atoms with E-state index in [1.807, 2.05) is 0 Å². The lowest BCUT2D eigenvalue weighted by Gasteiger charge is -2.11. The SMILES string of the molecule is Cc1cn(-c2ccc3cccc(-c4ccccc4)c3c2)c2ccccc12. The van der Waals surface area contributed by atoms with E-state index in [1.54, 1.807) is 0 Å². The zero-order valence-corrected chi connectivity index (χ0v) is 14.7. The van der Waals surface area contributed by atoms with Crippen LogP contribution in [-0.2, 0) is 0 Å². The molecule has 5 aromatic rings. The Morgan fingerprint density at radius 1 is 0.654 bits per heavy atom. The summed E-state index contributed by atoms with van der Waals surface area (Å²) in [5.74, 6) is 0. The minimum Gasteiger partial charge on any atom is -0.316 e. The van der Waals surface area contributed by atoms with E-state index >= 15 is 0 Å². The molecule has 0 radical (unpaired) electrons. The van der Waals surface area contributed by atoms with Gasteiger partial charge in [0.2, 0.25) is 0 Å². The highest BCUT2D eigenvalue weighted by Gasteiger charge is 2.09. The number of hydrogen-bond acceptors (Lipinski definition) is 0. The Bertz CT molecular complexity index is 1230. The quantitative estimate of drug-likeness (QED) is 0.336. The van der Waals surface area contributed by atoms with Crippen LogP contribution in [0.15, 0.2) is 97.2 Å². The van der Waals surface area contributed by atoms with Crippen LogP contribution in [-0.4, -0.2) is 4.57 Å². The number of nitrogens with zero attached hydrogens (tertiary/aromatic N) is 1. The van der Waals surface area contributed by atoms with Crippen LogP contribution in [0.1, 0.15) is 5.56 Å². The van der Waals surface area contributed by atoms with Gasteiger partial charge in [-0.1, -0.05) is 72.8 Å². The van der Waals surface area contributed by atoms with E-state index in [9.17, 15) is 0 Å². The molecule has 0 amide bonds. The smallest absolute Gasteiger partial charge is 0.0531 e. The van der Waals surface area contributed by atoms with Gasteiger partial charge in [-0.05, 0) is 52.6 Å². The third kappa shape index (κ3) is 2.33. The molecule has 0 bridgehead atoms. The highest BCUT2D eigenvalue weighted by atomic mass is 15.0. The molecular formula is C25H19N. The summed E-state index contributed by atoms with van der Waals surface area (Å²) in [5, 5.41) is 3.86. The molecule has 0 aliphatic carbocycles. The molecular weight excluding hydrogens is 314 g/mol. The number of para-hydroxylation sites is 1. The molecule has 124 valence electrons. The van der Waals surface area contributed by atoms with E-state index in [0.29, 0.717) is 0 Å². The lowest BCUT2D eigenvalue weighted by atomic mass is 9.98. The molecule has 1 heterocycles. The fourth-order valence-electron chi connectivity index (χ4n) is 3.84. The van der Waals surface area contributed by atoms with Gasteiger partial charge in [-0.25, -0.2) is 0 Å². The van der Waals surface area contributed by atoms with Gasteiger partial charge in [0.05, 0.1) is 5.52 Å². The molecule has 0 atom stereocenters. The zero-order chi connectivity index (χ0) is 17.5. The van der Waals surface area contributed by atoms with Gasteiger partial charge in [0, 0.05) is 17.3 Å². The first-order chi connectivity index (χ1) is 12.8. The number of fused-ring (bicyclic) bond motifs is 2. The van der Waals surface area contributed by atoms with Crippen molar-refractivity contribution in [3.8, 4) is 16.8 Å². The van der Waals surface area contributed by atoms with Crippen LogP contribution in [0.5, 0.6) is 0 Å². The predicted molar refractivity (Wildman–Crippen MR) is 111 cm³/mol. The normalized spacial score (nSPS) is 11.3. The lowest BCUT2D eigenvalue weighted by Crippen LogP contribution is -1.92. The second kappa shape index (κ2) is 5.89. The maximum absolute atomic E-state index is 2.31. The summed E-state index contributed by atoms with van der Waals surface area (Å²) in [6.45, 7) is 2.18. The van der Waals surface area contributed by atoms with Gasteiger partial charge in [-0.15, -0.1) is 0 Å². The number of rotatable bonds is 2. The maximum Gasteiger partial charge on any atom is 0.0531 e. The van der Waals surface area contributed by atoms with Crippen molar-refractivity contribution in [3.63, 3.8) is 0 Å². The van der Waals surface area contributed by atoms with Crippen LogP contribution in [0, 0.1) is 6.92 Å². The molecule has 0 saturated carbocycles. The number of aromatic nitrogens is 1. The van der Waals surface area contributed by atoms with E-state index < -0.39 is 0 Å². The Morgan fingerprint density at radius 3 is 2.35 bits per heavy atom. The molecule has 0 N–H and O–H groups in total. The highest BCUT2D eigenvalue weighted by molar-refractivity contribution is 5.98. The van der Waals surface area contributed by atoms with Crippen LogP contribution in [0.4, 0.5) is 0 Å². The van der Waals surface area contributed by atoms with E-state index in [0.717, 1.165) is 0 Å². The summed E-state index contributed by atoms with van der Waals surface area (Å²) in [7, 11) is 0. The van der Waals surface area contributed by atoms with Crippen molar-refractivity contribution in [1.82, 2.24) is 4.57 Å². The highest BCUT2D eigenvalue weighted by Crippen LogP contribution is 2.32. The minimum absolute atomic E-state index is 1.20. The fourth-order valence-corrected chi connectivity index (χ4v) is 3.84. The van der Waals surface area contributed by atoms with Crippen LogP contribution < -0.4 is 0 Å². The van der Waals surface area contributed by atoms with Gasteiger partial charge in [0.15, 0.2) is 0 Å². The average molecular weight is 333 g/mol. The zero-order valence-electron chi connectivity index (χ0n) is 14.7. The first-order valence-electron chi connectivity index (χ1n) is 8.96. The van der Waals surface area contributed by atoms with Crippen molar-refractivity contribution >= 4 is 21.7 Å². The van der Waals surface area contributed by atoms with Crippen LogP contribution in [0.25, 0.3) is 38.5 Å². The molecule has 1 aromatic heterocycles. The molecule has 4 aromatic carbocycles. The van der Waals surface area contributed by atoms with Gasteiger partial charge >= 0.3 is 0 Å². The number of benzene rings is 4. The number of aryl methyl sites for hydroxylation is 1. The van der Waals surface area contributed by atoms with E-state index in [1.165, 1.54) is 44.1 Å². The molecule has 0 aliphatic heterocycles. The van der Waals surface area contributed by atoms with E-state index in [4.69, 9.17) is 0 Å². The van der Waals surface area contributed by atoms with Crippen LogP contribution in [0.2, 0.25) is 0 Å². The summed E-state index contributed by atoms with van der Waals surface area (Å²) in [6, 6.07) is 32.5. The van der Waals surface area contributed by atoms with Crippen molar-refractivity contribution in [1.29, 1.82) is 0 Å². The molecule has 0 aliphatic rings. The van der Waals surface area contributed by atoms with Crippen molar-refractivity contribution in [2.24, 2.45) is 0 Å². The van der Waals surface area contributed by atoms with Crippen molar-refractivity contribution in [2.75, 3.05) is 0 Å². The summed E-state index contributed by atoms with van der Waals surface area (Å²) < 4.78 is 2.30. The average Bonchev–Trinajstić information content (AvgIpc) is 3.05. The lowest BCUT2D eigenvalue weighted by molar-refractivity contribution is 1.12. The maximum atomic E-state index is 2.31. The van der Waals surface area contributed by atoms with Gasteiger partial charge in [-0.3, -0.25) is 0 Å². The van der Waals surface area contributed by atoms with Crippen LogP contribution in [0.3, 0.4) is 0 Å². The third-order valence-corrected chi connectivity index (χ3v) is 5.14. The Balaban J connectivity index is 1.78. The van der Waals surface area contributed by atoms with Crippen molar-refractivity contribution < 1.29 is 0 Å². The topological polar surface area (TPSA) is 4.93 Å². The molecule has 0 unspecified atom stereocenters. The predicted octanol–water partition coefficient (Wildman–Crippen LogP) is 6.76. The molecule has 0 fully saturated rings. The van der Waals surface area contributed by atoms with Crippen molar-refractivity contribution in [3.05, 3.63) is 103 Å². The molecule has 1 nitrogen and oxygen atoms in total. The van der Waals surface area contributed by atoms with Crippen LogP contribution >= 0.6 is 0 Å².